The molecule has 2 rings (SSSR count). The molecule has 1 aliphatic heterocycles. The van der Waals surface area contributed by atoms with Crippen LogP contribution in [0.15, 0.2) is 0 Å². The molecule has 3 N–H and O–H groups in total. The summed E-state index contributed by atoms with van der Waals surface area (Å²) in [5, 5.41) is 14.5. The van der Waals surface area contributed by atoms with E-state index in [2.05, 4.69) is 17.6 Å². The first-order valence-corrected chi connectivity index (χ1v) is 6.91. The van der Waals surface area contributed by atoms with E-state index in [0.29, 0.717) is 12.5 Å². The molecule has 2 fully saturated rings. The lowest BCUT2D eigenvalue weighted by molar-refractivity contribution is -0.142. The van der Waals surface area contributed by atoms with E-state index in [4.69, 9.17) is 9.84 Å². The number of amides is 2. The average Bonchev–Trinajstić information content (AvgIpc) is 2.95. The molecule has 6 heteroatoms. The number of hydrogen-bond donors (Lipinski definition) is 3. The van der Waals surface area contributed by atoms with Crippen molar-refractivity contribution in [2.24, 2.45) is 17.8 Å². The molecule has 6 nitrogen and oxygen atoms in total. The van der Waals surface area contributed by atoms with Gasteiger partial charge in [-0.25, -0.2) is 4.79 Å². The van der Waals surface area contributed by atoms with E-state index < -0.39 is 17.9 Å². The number of carboxylic acid groups (broad SMARTS) is 1. The fourth-order valence-electron chi connectivity index (χ4n) is 2.91. The summed E-state index contributed by atoms with van der Waals surface area (Å²) >= 11 is 0. The van der Waals surface area contributed by atoms with Gasteiger partial charge in [0.2, 0.25) is 0 Å². The van der Waals surface area contributed by atoms with E-state index in [-0.39, 0.29) is 19.2 Å². The van der Waals surface area contributed by atoms with E-state index in [9.17, 15) is 9.59 Å². The number of rotatable bonds is 4. The van der Waals surface area contributed by atoms with Gasteiger partial charge in [-0.15, -0.1) is 0 Å². The molecule has 0 aromatic carbocycles. The van der Waals surface area contributed by atoms with Gasteiger partial charge in [0, 0.05) is 6.54 Å². The second kappa shape index (κ2) is 6.23. The van der Waals surface area contributed by atoms with Crippen LogP contribution in [0.2, 0.25) is 0 Å². The zero-order chi connectivity index (χ0) is 13.8. The van der Waals surface area contributed by atoms with Gasteiger partial charge in [-0.3, -0.25) is 4.79 Å². The molecule has 0 aromatic heterocycles. The van der Waals surface area contributed by atoms with E-state index in [1.54, 1.807) is 0 Å². The largest absolute Gasteiger partial charge is 0.481 e. The predicted octanol–water partition coefficient (Wildman–Crippen LogP) is 0.821. The van der Waals surface area contributed by atoms with Crippen molar-refractivity contribution in [2.45, 2.75) is 32.2 Å². The molecule has 2 amide bonds. The van der Waals surface area contributed by atoms with Gasteiger partial charge in [0.15, 0.2) is 0 Å². The van der Waals surface area contributed by atoms with Gasteiger partial charge in [0.1, 0.15) is 5.92 Å². The fraction of sp³-hybridized carbons (Fsp3) is 0.846. The van der Waals surface area contributed by atoms with E-state index in [1.807, 2.05) is 0 Å². The summed E-state index contributed by atoms with van der Waals surface area (Å²) < 4.78 is 5.10. The Morgan fingerprint density at radius 1 is 1.32 bits per heavy atom. The third kappa shape index (κ3) is 3.83. The lowest BCUT2D eigenvalue weighted by atomic mass is 10.0. The van der Waals surface area contributed by atoms with Gasteiger partial charge in [-0.05, 0) is 24.7 Å². The lowest BCUT2D eigenvalue weighted by Crippen LogP contribution is -2.48. The SMILES string of the molecule is CC1CCC(CNC(=O)NC2COCC2C(=O)O)C1. The molecular formula is C13H22N2O4. The van der Waals surface area contributed by atoms with Gasteiger partial charge in [-0.2, -0.15) is 0 Å². The number of aliphatic carboxylic acids is 1. The molecule has 0 aromatic rings. The summed E-state index contributed by atoms with van der Waals surface area (Å²) in [6, 6.07) is -0.721. The molecule has 4 atom stereocenters. The van der Waals surface area contributed by atoms with Crippen LogP contribution in [0.1, 0.15) is 26.2 Å². The quantitative estimate of drug-likeness (QED) is 0.706. The van der Waals surface area contributed by atoms with E-state index >= 15 is 0 Å². The smallest absolute Gasteiger partial charge is 0.315 e. The van der Waals surface area contributed by atoms with Crippen LogP contribution in [0.3, 0.4) is 0 Å². The monoisotopic (exact) mass is 270 g/mol. The zero-order valence-electron chi connectivity index (χ0n) is 11.2. The number of carboxylic acids is 1. The molecule has 1 saturated heterocycles. The first kappa shape index (κ1) is 14.1. The van der Waals surface area contributed by atoms with Crippen LogP contribution in [-0.2, 0) is 9.53 Å². The van der Waals surface area contributed by atoms with Gasteiger partial charge >= 0.3 is 12.0 Å². The number of urea groups is 1. The second-order valence-corrected chi connectivity index (χ2v) is 5.73. The molecule has 0 radical (unpaired) electrons. The molecule has 1 saturated carbocycles. The van der Waals surface area contributed by atoms with Crippen molar-refractivity contribution >= 4 is 12.0 Å². The maximum atomic E-state index is 11.7. The summed E-state index contributed by atoms with van der Waals surface area (Å²) in [4.78, 5) is 22.7. The second-order valence-electron chi connectivity index (χ2n) is 5.73. The highest BCUT2D eigenvalue weighted by atomic mass is 16.5. The minimum Gasteiger partial charge on any atom is -0.481 e. The van der Waals surface area contributed by atoms with Crippen LogP contribution in [0.4, 0.5) is 4.79 Å². The average molecular weight is 270 g/mol. The van der Waals surface area contributed by atoms with Crippen LogP contribution < -0.4 is 10.6 Å². The van der Waals surface area contributed by atoms with Crippen molar-refractivity contribution in [3.05, 3.63) is 0 Å². The Morgan fingerprint density at radius 2 is 2.11 bits per heavy atom. The third-order valence-corrected chi connectivity index (χ3v) is 4.07. The fourth-order valence-corrected chi connectivity index (χ4v) is 2.91. The van der Waals surface area contributed by atoms with Crippen LogP contribution in [0.5, 0.6) is 0 Å². The highest BCUT2D eigenvalue weighted by Gasteiger charge is 2.35. The van der Waals surface area contributed by atoms with Crippen LogP contribution in [0, 0.1) is 17.8 Å². The number of carbonyl (C=O) groups excluding carboxylic acids is 1. The Bertz CT molecular complexity index is 348. The van der Waals surface area contributed by atoms with Crippen molar-refractivity contribution in [3.63, 3.8) is 0 Å². The number of ether oxygens (including phenoxy) is 1. The van der Waals surface area contributed by atoms with Gasteiger partial charge in [-0.1, -0.05) is 13.3 Å². The Labute approximate surface area is 112 Å². The number of carbonyl (C=O) groups is 2. The summed E-state index contributed by atoms with van der Waals surface area (Å²) in [6.07, 6.45) is 3.54. The first-order chi connectivity index (χ1) is 9.06. The molecule has 0 spiro atoms. The Kier molecular flexibility index (Phi) is 4.63. The Balaban J connectivity index is 1.70. The Hall–Kier alpha value is -1.30. The molecule has 19 heavy (non-hydrogen) atoms. The van der Waals surface area contributed by atoms with Crippen molar-refractivity contribution in [2.75, 3.05) is 19.8 Å². The summed E-state index contributed by atoms with van der Waals surface area (Å²) in [5.74, 6) is -0.269. The molecule has 0 bridgehead atoms. The molecule has 4 unspecified atom stereocenters. The van der Waals surface area contributed by atoms with Crippen molar-refractivity contribution in [1.82, 2.24) is 10.6 Å². The maximum Gasteiger partial charge on any atom is 0.315 e. The van der Waals surface area contributed by atoms with E-state index in [1.165, 1.54) is 6.42 Å². The first-order valence-electron chi connectivity index (χ1n) is 6.91. The number of nitrogens with one attached hydrogen (secondary N) is 2. The van der Waals surface area contributed by atoms with Crippen LogP contribution in [0.25, 0.3) is 0 Å². The summed E-state index contributed by atoms with van der Waals surface area (Å²) in [6.45, 7) is 3.33. The minimum atomic E-state index is -0.924. The highest BCUT2D eigenvalue weighted by Crippen LogP contribution is 2.29. The third-order valence-electron chi connectivity index (χ3n) is 4.07. The van der Waals surface area contributed by atoms with Crippen molar-refractivity contribution in [3.8, 4) is 0 Å². The molecular weight excluding hydrogens is 248 g/mol. The van der Waals surface area contributed by atoms with Crippen molar-refractivity contribution in [1.29, 1.82) is 0 Å². The van der Waals surface area contributed by atoms with Crippen LogP contribution in [-0.4, -0.2) is 42.9 Å². The molecule has 1 heterocycles. The van der Waals surface area contributed by atoms with Gasteiger partial charge in [0.25, 0.3) is 0 Å². The number of hydrogen-bond acceptors (Lipinski definition) is 3. The summed E-state index contributed by atoms with van der Waals surface area (Å²) in [7, 11) is 0. The maximum absolute atomic E-state index is 11.7. The summed E-state index contributed by atoms with van der Waals surface area (Å²) in [5.41, 5.74) is 0. The molecule has 108 valence electrons. The van der Waals surface area contributed by atoms with Crippen molar-refractivity contribution < 1.29 is 19.4 Å². The standard InChI is InChI=1S/C13H22N2O4/c1-8-2-3-9(4-8)5-14-13(18)15-11-7-19-6-10(11)12(16)17/h8-11H,2-7H2,1H3,(H,16,17)(H2,14,15,18). The topological polar surface area (TPSA) is 87.7 Å². The highest BCUT2D eigenvalue weighted by molar-refractivity contribution is 5.77. The van der Waals surface area contributed by atoms with Crippen LogP contribution >= 0.6 is 0 Å². The zero-order valence-corrected chi connectivity index (χ0v) is 11.2. The molecule has 1 aliphatic carbocycles. The minimum absolute atomic E-state index is 0.167. The Morgan fingerprint density at radius 3 is 2.74 bits per heavy atom. The lowest BCUT2D eigenvalue weighted by Gasteiger charge is -2.17. The normalized spacial score (nSPS) is 34.2. The predicted molar refractivity (Wildman–Crippen MR) is 68.8 cm³/mol. The van der Waals surface area contributed by atoms with Gasteiger partial charge < -0.3 is 20.5 Å². The van der Waals surface area contributed by atoms with Gasteiger partial charge in [0.05, 0.1) is 19.3 Å². The molecule has 2 aliphatic rings. The van der Waals surface area contributed by atoms with E-state index in [0.717, 1.165) is 18.8 Å².